The molecule has 0 amide bonds. The van der Waals surface area contributed by atoms with Gasteiger partial charge >= 0.3 is 0 Å². The van der Waals surface area contributed by atoms with Gasteiger partial charge in [-0.05, 0) is 48.4 Å². The van der Waals surface area contributed by atoms with Crippen molar-refractivity contribution in [1.82, 2.24) is 10.6 Å². The van der Waals surface area contributed by atoms with Crippen molar-refractivity contribution in [2.45, 2.75) is 38.6 Å². The number of rotatable bonds is 7. The average molecular weight is 400 g/mol. The number of methoxy groups -OCH3 is 1. The lowest BCUT2D eigenvalue weighted by atomic mass is 9.83. The lowest BCUT2D eigenvalue weighted by molar-refractivity contribution is 0.138. The van der Waals surface area contributed by atoms with Crippen LogP contribution in [0.4, 0.5) is 4.39 Å². The standard InChI is InChI=1S/C18H27BrFN3O/c1-21-17(22-12-14-9-15(19)11-16(20)10-14)23-13-18(7-8-24-2)5-3-4-6-18/h9-11H,3-8,12-13H2,1-2H3,(H2,21,22,23). The predicted octanol–water partition coefficient (Wildman–Crippen LogP) is 3.85. The molecular weight excluding hydrogens is 373 g/mol. The molecule has 134 valence electrons. The fourth-order valence-corrected chi connectivity index (χ4v) is 3.86. The number of hydrogen-bond donors (Lipinski definition) is 2. The Morgan fingerprint density at radius 2 is 2.04 bits per heavy atom. The highest BCUT2D eigenvalue weighted by Crippen LogP contribution is 2.40. The maximum atomic E-state index is 13.4. The van der Waals surface area contributed by atoms with E-state index in [9.17, 15) is 4.39 Å². The molecule has 1 aliphatic carbocycles. The molecule has 2 rings (SSSR count). The maximum absolute atomic E-state index is 13.4. The molecule has 0 aliphatic heterocycles. The van der Waals surface area contributed by atoms with Crippen molar-refractivity contribution < 1.29 is 9.13 Å². The number of ether oxygens (including phenoxy) is 1. The summed E-state index contributed by atoms with van der Waals surface area (Å²) in [5.41, 5.74) is 1.18. The molecule has 2 N–H and O–H groups in total. The van der Waals surface area contributed by atoms with E-state index >= 15 is 0 Å². The SMILES string of the molecule is CN=C(NCc1cc(F)cc(Br)c1)NCC1(CCOC)CCCC1. The summed E-state index contributed by atoms with van der Waals surface area (Å²) >= 11 is 3.32. The molecule has 0 aromatic heterocycles. The summed E-state index contributed by atoms with van der Waals surface area (Å²) < 4.78 is 19.5. The highest BCUT2D eigenvalue weighted by molar-refractivity contribution is 9.10. The Balaban J connectivity index is 1.87. The Labute approximate surface area is 152 Å². The summed E-state index contributed by atoms with van der Waals surface area (Å²) in [7, 11) is 3.51. The average Bonchev–Trinajstić information content (AvgIpc) is 3.01. The smallest absolute Gasteiger partial charge is 0.191 e. The van der Waals surface area contributed by atoms with Crippen LogP contribution >= 0.6 is 15.9 Å². The lowest BCUT2D eigenvalue weighted by Crippen LogP contribution is -2.43. The van der Waals surface area contributed by atoms with Crippen LogP contribution in [0.3, 0.4) is 0 Å². The molecule has 0 bridgehead atoms. The number of aliphatic imine (C=N–C) groups is 1. The molecule has 1 aliphatic rings. The van der Waals surface area contributed by atoms with Gasteiger partial charge in [-0.25, -0.2) is 4.39 Å². The van der Waals surface area contributed by atoms with Crippen molar-refractivity contribution in [2.75, 3.05) is 27.3 Å². The third-order valence-electron chi connectivity index (χ3n) is 4.74. The lowest BCUT2D eigenvalue weighted by Gasteiger charge is -2.30. The molecule has 0 unspecified atom stereocenters. The molecule has 0 saturated heterocycles. The highest BCUT2D eigenvalue weighted by Gasteiger charge is 2.33. The fraction of sp³-hybridized carbons (Fsp3) is 0.611. The fourth-order valence-electron chi connectivity index (χ4n) is 3.35. The zero-order valence-electron chi connectivity index (χ0n) is 14.5. The van der Waals surface area contributed by atoms with Crippen LogP contribution < -0.4 is 10.6 Å². The molecular formula is C18H27BrFN3O. The predicted molar refractivity (Wildman–Crippen MR) is 99.7 cm³/mol. The number of hydrogen-bond acceptors (Lipinski definition) is 2. The van der Waals surface area contributed by atoms with Gasteiger partial charge in [0.25, 0.3) is 0 Å². The maximum Gasteiger partial charge on any atom is 0.191 e. The van der Waals surface area contributed by atoms with Crippen molar-refractivity contribution in [3.8, 4) is 0 Å². The molecule has 0 heterocycles. The van der Waals surface area contributed by atoms with Crippen LogP contribution in [0.2, 0.25) is 0 Å². The van der Waals surface area contributed by atoms with Gasteiger partial charge < -0.3 is 15.4 Å². The van der Waals surface area contributed by atoms with E-state index in [0.717, 1.165) is 35.6 Å². The van der Waals surface area contributed by atoms with Gasteiger partial charge in [-0.3, -0.25) is 4.99 Å². The molecule has 1 aromatic carbocycles. The van der Waals surface area contributed by atoms with Crippen LogP contribution in [0.5, 0.6) is 0 Å². The summed E-state index contributed by atoms with van der Waals surface area (Å²) in [6.07, 6.45) is 6.11. The normalized spacial score (nSPS) is 17.1. The minimum absolute atomic E-state index is 0.242. The Kier molecular flexibility index (Phi) is 7.49. The number of nitrogens with zero attached hydrogens (tertiary/aromatic N) is 1. The number of benzene rings is 1. The third-order valence-corrected chi connectivity index (χ3v) is 5.20. The molecule has 0 atom stereocenters. The first-order chi connectivity index (χ1) is 11.6. The minimum atomic E-state index is -0.242. The second-order valence-electron chi connectivity index (χ2n) is 6.51. The van der Waals surface area contributed by atoms with Crippen LogP contribution in [0.1, 0.15) is 37.7 Å². The first-order valence-corrected chi connectivity index (χ1v) is 9.25. The van der Waals surface area contributed by atoms with E-state index in [1.165, 1.54) is 37.8 Å². The van der Waals surface area contributed by atoms with E-state index in [1.807, 2.05) is 6.07 Å². The van der Waals surface area contributed by atoms with Crippen LogP contribution in [-0.4, -0.2) is 33.3 Å². The van der Waals surface area contributed by atoms with Gasteiger partial charge in [-0.15, -0.1) is 0 Å². The van der Waals surface area contributed by atoms with E-state index in [0.29, 0.717) is 12.0 Å². The summed E-state index contributed by atoms with van der Waals surface area (Å²) in [4.78, 5) is 4.28. The van der Waals surface area contributed by atoms with Crippen molar-refractivity contribution in [3.63, 3.8) is 0 Å². The van der Waals surface area contributed by atoms with E-state index in [-0.39, 0.29) is 5.82 Å². The Morgan fingerprint density at radius 1 is 1.29 bits per heavy atom. The number of halogens is 2. The Hall–Kier alpha value is -1.14. The van der Waals surface area contributed by atoms with Crippen LogP contribution in [0.25, 0.3) is 0 Å². The topological polar surface area (TPSA) is 45.7 Å². The van der Waals surface area contributed by atoms with Crippen molar-refractivity contribution in [3.05, 3.63) is 34.1 Å². The largest absolute Gasteiger partial charge is 0.385 e. The molecule has 4 nitrogen and oxygen atoms in total. The van der Waals surface area contributed by atoms with Crippen LogP contribution in [0.15, 0.2) is 27.7 Å². The molecule has 24 heavy (non-hydrogen) atoms. The summed E-state index contributed by atoms with van der Waals surface area (Å²) in [5, 5.41) is 6.70. The molecule has 1 saturated carbocycles. The van der Waals surface area contributed by atoms with Gasteiger partial charge in [-0.2, -0.15) is 0 Å². The monoisotopic (exact) mass is 399 g/mol. The van der Waals surface area contributed by atoms with Gasteiger partial charge in [0.15, 0.2) is 5.96 Å². The van der Waals surface area contributed by atoms with Gasteiger partial charge in [-0.1, -0.05) is 28.8 Å². The summed E-state index contributed by atoms with van der Waals surface area (Å²) in [6.45, 7) is 2.22. The van der Waals surface area contributed by atoms with Gasteiger partial charge in [0.1, 0.15) is 5.82 Å². The van der Waals surface area contributed by atoms with Gasteiger partial charge in [0.05, 0.1) is 0 Å². The van der Waals surface area contributed by atoms with Gasteiger partial charge in [0.2, 0.25) is 0 Å². The van der Waals surface area contributed by atoms with E-state index < -0.39 is 0 Å². The van der Waals surface area contributed by atoms with Crippen LogP contribution in [-0.2, 0) is 11.3 Å². The molecule has 1 aromatic rings. The van der Waals surface area contributed by atoms with Crippen molar-refractivity contribution in [2.24, 2.45) is 10.4 Å². The van der Waals surface area contributed by atoms with E-state index in [1.54, 1.807) is 14.2 Å². The number of guanidine groups is 1. The molecule has 0 radical (unpaired) electrons. The highest BCUT2D eigenvalue weighted by atomic mass is 79.9. The summed E-state index contributed by atoms with van der Waals surface area (Å²) in [5.74, 6) is 0.507. The van der Waals surface area contributed by atoms with E-state index in [2.05, 4.69) is 31.6 Å². The molecule has 1 fully saturated rings. The zero-order valence-corrected chi connectivity index (χ0v) is 16.1. The van der Waals surface area contributed by atoms with E-state index in [4.69, 9.17) is 4.74 Å². The zero-order chi connectivity index (χ0) is 17.4. The van der Waals surface area contributed by atoms with Crippen LogP contribution in [0, 0.1) is 11.2 Å². The second-order valence-corrected chi connectivity index (χ2v) is 7.42. The summed E-state index contributed by atoms with van der Waals surface area (Å²) in [6, 6.07) is 4.89. The van der Waals surface area contributed by atoms with Crippen molar-refractivity contribution >= 4 is 21.9 Å². The minimum Gasteiger partial charge on any atom is -0.385 e. The Morgan fingerprint density at radius 3 is 2.67 bits per heavy atom. The first-order valence-electron chi connectivity index (χ1n) is 8.45. The molecule has 6 heteroatoms. The second kappa shape index (κ2) is 9.37. The molecule has 0 spiro atoms. The quantitative estimate of drug-likeness (QED) is 0.540. The van der Waals surface area contributed by atoms with Gasteiger partial charge in [0, 0.05) is 38.3 Å². The Bertz CT molecular complexity index is 539. The third kappa shape index (κ3) is 5.74. The first kappa shape index (κ1) is 19.2. The number of nitrogens with one attached hydrogen (secondary N) is 2. The van der Waals surface area contributed by atoms with Crippen molar-refractivity contribution in [1.29, 1.82) is 0 Å².